The summed E-state index contributed by atoms with van der Waals surface area (Å²) in [6.45, 7) is 0. The molecule has 0 aliphatic heterocycles. The van der Waals surface area contributed by atoms with Gasteiger partial charge < -0.3 is 0 Å². The van der Waals surface area contributed by atoms with Crippen molar-refractivity contribution in [2.24, 2.45) is 0 Å². The minimum absolute atomic E-state index is 0.0509. The van der Waals surface area contributed by atoms with Gasteiger partial charge in [-0.1, -0.05) is 0 Å². The van der Waals surface area contributed by atoms with Crippen molar-refractivity contribution in [3.05, 3.63) is 0 Å². The van der Waals surface area contributed by atoms with E-state index < -0.39 is 16.5 Å². The Balaban J connectivity index is 3.93. The lowest BCUT2D eigenvalue weighted by Crippen LogP contribution is -2.26. The zero-order chi connectivity index (χ0) is 8.15. The number of hydrogen-bond donors (Lipinski definition) is 0. The third kappa shape index (κ3) is 2.86. The van der Waals surface area contributed by atoms with Crippen molar-refractivity contribution in [1.29, 1.82) is 0 Å². The molecule has 0 amide bonds. The molecule has 0 aromatic heterocycles. The standard InChI is InChI=1S/C5H5Cl3O2/c6-1-3(7)5(8)4(10)2-9/h2-3,5H,1H2. The van der Waals surface area contributed by atoms with Crippen LogP contribution in [0.5, 0.6) is 0 Å². The summed E-state index contributed by atoms with van der Waals surface area (Å²) in [6, 6.07) is 0. The molecule has 0 aromatic rings. The van der Waals surface area contributed by atoms with Gasteiger partial charge >= 0.3 is 0 Å². The zero-order valence-electron chi connectivity index (χ0n) is 4.89. The van der Waals surface area contributed by atoms with Crippen LogP contribution in [0.25, 0.3) is 0 Å². The number of hydrogen-bond acceptors (Lipinski definition) is 2. The smallest absolute Gasteiger partial charge is 0.214 e. The Morgan fingerprint density at radius 2 is 2.00 bits per heavy atom. The number of alkyl halides is 3. The van der Waals surface area contributed by atoms with E-state index in [0.29, 0.717) is 0 Å². The van der Waals surface area contributed by atoms with E-state index in [9.17, 15) is 9.59 Å². The van der Waals surface area contributed by atoms with Gasteiger partial charge in [-0.25, -0.2) is 0 Å². The molecule has 0 aliphatic rings. The fraction of sp³-hybridized carbons (Fsp3) is 0.600. The van der Waals surface area contributed by atoms with Crippen LogP contribution < -0.4 is 0 Å². The fourth-order valence-electron chi connectivity index (χ4n) is 0.321. The number of Topliss-reactive ketones (excluding diaryl/α,β-unsaturated/α-hetero) is 1. The van der Waals surface area contributed by atoms with E-state index in [4.69, 9.17) is 34.8 Å². The summed E-state index contributed by atoms with van der Waals surface area (Å²) in [5.41, 5.74) is 0. The van der Waals surface area contributed by atoms with E-state index in [1.54, 1.807) is 0 Å². The van der Waals surface area contributed by atoms with E-state index in [0.717, 1.165) is 0 Å². The third-order valence-corrected chi connectivity index (χ3v) is 2.40. The van der Waals surface area contributed by atoms with Gasteiger partial charge in [-0.05, 0) is 0 Å². The van der Waals surface area contributed by atoms with Crippen LogP contribution in [0.3, 0.4) is 0 Å². The average Bonchev–Trinajstić information content (AvgIpc) is 2.00. The monoisotopic (exact) mass is 202 g/mol. The largest absolute Gasteiger partial charge is 0.295 e. The molecule has 10 heavy (non-hydrogen) atoms. The first-order valence-electron chi connectivity index (χ1n) is 2.46. The molecule has 0 fully saturated rings. The van der Waals surface area contributed by atoms with Crippen molar-refractivity contribution in [3.8, 4) is 0 Å². The Morgan fingerprint density at radius 3 is 2.30 bits per heavy atom. The Hall–Kier alpha value is 0.210. The molecule has 0 radical (unpaired) electrons. The topological polar surface area (TPSA) is 34.1 Å². The van der Waals surface area contributed by atoms with Crippen LogP contribution in [0, 0.1) is 0 Å². The maximum atomic E-state index is 10.5. The van der Waals surface area contributed by atoms with Gasteiger partial charge in [0.2, 0.25) is 5.78 Å². The molecule has 0 aromatic carbocycles. The molecule has 5 heteroatoms. The van der Waals surface area contributed by atoms with Crippen LogP contribution >= 0.6 is 34.8 Å². The van der Waals surface area contributed by atoms with E-state index in [-0.39, 0.29) is 12.2 Å². The molecule has 0 heterocycles. The first kappa shape index (κ1) is 10.2. The third-order valence-electron chi connectivity index (χ3n) is 0.853. The predicted molar refractivity (Wildman–Crippen MR) is 41.1 cm³/mol. The molecule has 0 bridgehead atoms. The van der Waals surface area contributed by atoms with Crippen molar-refractivity contribution < 1.29 is 9.59 Å². The van der Waals surface area contributed by atoms with E-state index in [1.807, 2.05) is 0 Å². The maximum Gasteiger partial charge on any atom is 0.214 e. The van der Waals surface area contributed by atoms with Crippen LogP contribution in [-0.2, 0) is 9.59 Å². The summed E-state index contributed by atoms with van der Waals surface area (Å²) in [6.07, 6.45) is 0.138. The van der Waals surface area contributed by atoms with Crippen LogP contribution in [0.15, 0.2) is 0 Å². The molecule has 0 rings (SSSR count). The van der Waals surface area contributed by atoms with Gasteiger partial charge in [-0.2, -0.15) is 0 Å². The van der Waals surface area contributed by atoms with Gasteiger partial charge in [0.15, 0.2) is 6.29 Å². The Morgan fingerprint density at radius 1 is 1.50 bits per heavy atom. The second kappa shape index (κ2) is 4.94. The summed E-state index contributed by atoms with van der Waals surface area (Å²) in [5.74, 6) is -0.683. The highest BCUT2D eigenvalue weighted by Gasteiger charge is 2.22. The number of aldehydes is 1. The average molecular weight is 203 g/mol. The van der Waals surface area contributed by atoms with E-state index in [1.165, 1.54) is 0 Å². The zero-order valence-corrected chi connectivity index (χ0v) is 7.16. The second-order valence-corrected chi connectivity index (χ2v) is 2.93. The van der Waals surface area contributed by atoms with Crippen molar-refractivity contribution >= 4 is 46.9 Å². The summed E-state index contributed by atoms with van der Waals surface area (Å²) < 4.78 is 0. The van der Waals surface area contributed by atoms with E-state index >= 15 is 0 Å². The number of ketones is 1. The van der Waals surface area contributed by atoms with Crippen molar-refractivity contribution in [2.45, 2.75) is 10.8 Å². The molecule has 0 saturated heterocycles. The van der Waals surface area contributed by atoms with Gasteiger partial charge in [0.05, 0.1) is 5.38 Å². The summed E-state index contributed by atoms with van der Waals surface area (Å²) in [7, 11) is 0. The van der Waals surface area contributed by atoms with Gasteiger partial charge in [0.25, 0.3) is 0 Å². The first-order chi connectivity index (χ1) is 4.63. The predicted octanol–water partition coefficient (Wildman–Crippen LogP) is 1.21. The lowest BCUT2D eigenvalue weighted by atomic mass is 10.2. The molecule has 2 atom stereocenters. The summed E-state index contributed by atoms with van der Waals surface area (Å²) in [5, 5.41) is -1.68. The highest BCUT2D eigenvalue weighted by molar-refractivity contribution is 6.47. The molecule has 58 valence electrons. The van der Waals surface area contributed by atoms with Crippen molar-refractivity contribution in [2.75, 3.05) is 5.88 Å². The Kier molecular flexibility index (Phi) is 5.04. The van der Waals surface area contributed by atoms with Gasteiger partial charge in [-0.3, -0.25) is 9.59 Å². The van der Waals surface area contributed by atoms with Crippen LogP contribution in [-0.4, -0.2) is 28.7 Å². The normalized spacial score (nSPS) is 15.9. The summed E-state index contributed by atoms with van der Waals surface area (Å²) >= 11 is 16.1. The lowest BCUT2D eigenvalue weighted by Gasteiger charge is -2.07. The molecule has 0 saturated carbocycles. The molecular formula is C5H5Cl3O2. The van der Waals surface area contributed by atoms with Gasteiger partial charge in [-0.15, -0.1) is 34.8 Å². The van der Waals surface area contributed by atoms with Gasteiger partial charge in [0, 0.05) is 5.88 Å². The molecule has 2 unspecified atom stereocenters. The number of carbonyl (C=O) groups excluding carboxylic acids is 2. The van der Waals surface area contributed by atoms with Crippen LogP contribution in [0.2, 0.25) is 0 Å². The molecule has 0 spiro atoms. The molecular weight excluding hydrogens is 198 g/mol. The summed E-state index contributed by atoms with van der Waals surface area (Å²) in [4.78, 5) is 20.3. The van der Waals surface area contributed by atoms with Crippen molar-refractivity contribution in [1.82, 2.24) is 0 Å². The minimum atomic E-state index is -1.00. The SMILES string of the molecule is O=CC(=O)C(Cl)C(Cl)CCl. The van der Waals surface area contributed by atoms with Crippen LogP contribution in [0.1, 0.15) is 0 Å². The Bertz CT molecular complexity index is 137. The number of rotatable bonds is 4. The fourth-order valence-corrected chi connectivity index (χ4v) is 0.856. The first-order valence-corrected chi connectivity index (χ1v) is 3.87. The van der Waals surface area contributed by atoms with E-state index in [2.05, 4.69) is 0 Å². The lowest BCUT2D eigenvalue weighted by molar-refractivity contribution is -0.129. The van der Waals surface area contributed by atoms with Crippen LogP contribution in [0.4, 0.5) is 0 Å². The maximum absolute atomic E-state index is 10.5. The molecule has 0 N–H and O–H groups in total. The Labute approximate surface area is 73.4 Å². The quantitative estimate of drug-likeness (QED) is 0.391. The highest BCUT2D eigenvalue weighted by Crippen LogP contribution is 2.11. The van der Waals surface area contributed by atoms with Gasteiger partial charge in [0.1, 0.15) is 5.38 Å². The highest BCUT2D eigenvalue weighted by atomic mass is 35.5. The second-order valence-electron chi connectivity index (χ2n) is 1.59. The minimum Gasteiger partial charge on any atom is -0.295 e. The number of halogens is 3. The molecule has 2 nitrogen and oxygen atoms in total. The molecule has 0 aliphatic carbocycles. The van der Waals surface area contributed by atoms with Crippen molar-refractivity contribution in [3.63, 3.8) is 0 Å². The number of carbonyl (C=O) groups is 2.